The first-order chi connectivity index (χ1) is 8.25. The standard InChI is InChI=1S/C15H28N2/c1-14(2)17-10-6-9-16(11-12-17)13-15-7-4-3-5-8-15/h3-4,14-15H,5-13H2,1-2H3/t15-/m0/s1. The van der Waals surface area contributed by atoms with Gasteiger partial charge in [-0.25, -0.2) is 0 Å². The van der Waals surface area contributed by atoms with Gasteiger partial charge in [-0.3, -0.25) is 4.90 Å². The molecule has 0 aromatic heterocycles. The summed E-state index contributed by atoms with van der Waals surface area (Å²) in [7, 11) is 0. The highest BCUT2D eigenvalue weighted by Crippen LogP contribution is 2.20. The smallest absolute Gasteiger partial charge is 0.0112 e. The lowest BCUT2D eigenvalue weighted by atomic mass is 9.94. The van der Waals surface area contributed by atoms with Crippen molar-refractivity contribution in [1.82, 2.24) is 9.80 Å². The lowest BCUT2D eigenvalue weighted by Crippen LogP contribution is -2.36. The van der Waals surface area contributed by atoms with Gasteiger partial charge in [0.2, 0.25) is 0 Å². The highest BCUT2D eigenvalue weighted by atomic mass is 15.2. The lowest BCUT2D eigenvalue weighted by Gasteiger charge is -2.28. The highest BCUT2D eigenvalue weighted by molar-refractivity contribution is 4.91. The first kappa shape index (κ1) is 13.1. The van der Waals surface area contributed by atoms with E-state index in [0.717, 1.165) is 5.92 Å². The zero-order chi connectivity index (χ0) is 12.1. The predicted molar refractivity (Wildman–Crippen MR) is 74.2 cm³/mol. The summed E-state index contributed by atoms with van der Waals surface area (Å²) in [4.78, 5) is 5.33. The van der Waals surface area contributed by atoms with E-state index in [-0.39, 0.29) is 0 Å². The Morgan fingerprint density at radius 3 is 2.71 bits per heavy atom. The molecule has 1 atom stereocenters. The molecule has 0 aromatic rings. The highest BCUT2D eigenvalue weighted by Gasteiger charge is 2.19. The molecule has 0 saturated carbocycles. The molecule has 17 heavy (non-hydrogen) atoms. The Bertz CT molecular complexity index is 247. The van der Waals surface area contributed by atoms with Crippen LogP contribution >= 0.6 is 0 Å². The van der Waals surface area contributed by atoms with Crippen LogP contribution in [0.3, 0.4) is 0 Å². The molecule has 0 radical (unpaired) electrons. The van der Waals surface area contributed by atoms with Gasteiger partial charge in [0.05, 0.1) is 0 Å². The first-order valence-corrected chi connectivity index (χ1v) is 7.37. The summed E-state index contributed by atoms with van der Waals surface area (Å²) >= 11 is 0. The van der Waals surface area contributed by atoms with Gasteiger partial charge in [0.25, 0.3) is 0 Å². The van der Waals surface area contributed by atoms with Crippen LogP contribution in [0.25, 0.3) is 0 Å². The van der Waals surface area contributed by atoms with Gasteiger partial charge in [-0.2, -0.15) is 0 Å². The number of allylic oxidation sites excluding steroid dienone is 2. The van der Waals surface area contributed by atoms with Gasteiger partial charge in [0.15, 0.2) is 0 Å². The van der Waals surface area contributed by atoms with Crippen molar-refractivity contribution in [3.05, 3.63) is 12.2 Å². The van der Waals surface area contributed by atoms with E-state index >= 15 is 0 Å². The van der Waals surface area contributed by atoms with E-state index in [0.29, 0.717) is 6.04 Å². The van der Waals surface area contributed by atoms with Crippen LogP contribution in [0.15, 0.2) is 12.2 Å². The number of hydrogen-bond donors (Lipinski definition) is 0. The number of nitrogens with zero attached hydrogens (tertiary/aromatic N) is 2. The molecule has 2 rings (SSSR count). The van der Waals surface area contributed by atoms with E-state index in [1.165, 1.54) is 58.4 Å². The Morgan fingerprint density at radius 2 is 2.00 bits per heavy atom. The summed E-state index contributed by atoms with van der Waals surface area (Å²) in [5, 5.41) is 0. The lowest BCUT2D eigenvalue weighted by molar-refractivity contribution is 0.204. The molecule has 98 valence electrons. The minimum Gasteiger partial charge on any atom is -0.302 e. The maximum Gasteiger partial charge on any atom is 0.0112 e. The van der Waals surface area contributed by atoms with Crippen molar-refractivity contribution >= 4 is 0 Å². The van der Waals surface area contributed by atoms with Gasteiger partial charge >= 0.3 is 0 Å². The average Bonchev–Trinajstić information content (AvgIpc) is 2.56. The monoisotopic (exact) mass is 236 g/mol. The zero-order valence-electron chi connectivity index (χ0n) is 11.6. The second-order valence-corrected chi connectivity index (χ2v) is 5.93. The molecule has 0 bridgehead atoms. The molecule has 0 spiro atoms. The van der Waals surface area contributed by atoms with E-state index in [2.05, 4.69) is 35.8 Å². The van der Waals surface area contributed by atoms with E-state index in [1.807, 2.05) is 0 Å². The second-order valence-electron chi connectivity index (χ2n) is 5.93. The minimum atomic E-state index is 0.715. The molecule has 1 fully saturated rings. The number of rotatable bonds is 3. The van der Waals surface area contributed by atoms with Gasteiger partial charge in [0.1, 0.15) is 0 Å². The van der Waals surface area contributed by atoms with Crippen LogP contribution in [0.4, 0.5) is 0 Å². The van der Waals surface area contributed by atoms with E-state index in [1.54, 1.807) is 0 Å². The molecule has 0 N–H and O–H groups in total. The number of hydrogen-bond acceptors (Lipinski definition) is 2. The zero-order valence-corrected chi connectivity index (χ0v) is 11.6. The van der Waals surface area contributed by atoms with Crippen molar-refractivity contribution in [1.29, 1.82) is 0 Å². The molecule has 0 amide bonds. The predicted octanol–water partition coefficient (Wildman–Crippen LogP) is 2.76. The largest absolute Gasteiger partial charge is 0.302 e. The fourth-order valence-electron chi connectivity index (χ4n) is 3.08. The van der Waals surface area contributed by atoms with Gasteiger partial charge in [-0.15, -0.1) is 0 Å². The van der Waals surface area contributed by atoms with Crippen molar-refractivity contribution in [3.63, 3.8) is 0 Å². The normalized spacial score (nSPS) is 28.5. The van der Waals surface area contributed by atoms with Crippen LogP contribution < -0.4 is 0 Å². The summed E-state index contributed by atoms with van der Waals surface area (Å²) in [5.41, 5.74) is 0. The summed E-state index contributed by atoms with van der Waals surface area (Å²) in [5.74, 6) is 0.922. The average molecular weight is 236 g/mol. The van der Waals surface area contributed by atoms with Gasteiger partial charge < -0.3 is 4.90 Å². The van der Waals surface area contributed by atoms with E-state index < -0.39 is 0 Å². The Balaban J connectivity index is 1.76. The molecule has 1 aliphatic carbocycles. The Morgan fingerprint density at radius 1 is 1.12 bits per heavy atom. The van der Waals surface area contributed by atoms with Crippen molar-refractivity contribution < 1.29 is 0 Å². The summed E-state index contributed by atoms with van der Waals surface area (Å²) in [6.07, 6.45) is 10.1. The molecule has 1 saturated heterocycles. The first-order valence-electron chi connectivity index (χ1n) is 7.37. The van der Waals surface area contributed by atoms with Crippen molar-refractivity contribution in [2.45, 2.75) is 45.6 Å². The fourth-order valence-corrected chi connectivity index (χ4v) is 3.08. The molecular weight excluding hydrogens is 208 g/mol. The van der Waals surface area contributed by atoms with Gasteiger partial charge in [-0.05, 0) is 58.5 Å². The maximum absolute atomic E-state index is 2.70. The third-order valence-corrected chi connectivity index (χ3v) is 4.25. The van der Waals surface area contributed by atoms with Crippen LogP contribution in [0, 0.1) is 5.92 Å². The van der Waals surface area contributed by atoms with Crippen LogP contribution in [0.5, 0.6) is 0 Å². The summed E-state index contributed by atoms with van der Waals surface area (Å²) in [6, 6.07) is 0.715. The quantitative estimate of drug-likeness (QED) is 0.695. The summed E-state index contributed by atoms with van der Waals surface area (Å²) in [6.45, 7) is 11.1. The Labute approximate surface area is 107 Å². The maximum atomic E-state index is 2.70. The molecular formula is C15H28N2. The topological polar surface area (TPSA) is 6.48 Å². The molecule has 2 heteroatoms. The summed E-state index contributed by atoms with van der Waals surface area (Å²) < 4.78 is 0. The molecule has 1 aliphatic heterocycles. The molecule has 0 aromatic carbocycles. The fraction of sp³-hybridized carbons (Fsp3) is 0.867. The van der Waals surface area contributed by atoms with Crippen LogP contribution in [-0.4, -0.2) is 48.6 Å². The minimum absolute atomic E-state index is 0.715. The Kier molecular flexibility index (Phi) is 5.05. The van der Waals surface area contributed by atoms with Crippen LogP contribution in [-0.2, 0) is 0 Å². The molecule has 2 aliphatic rings. The third kappa shape index (κ3) is 4.11. The van der Waals surface area contributed by atoms with Crippen molar-refractivity contribution in [3.8, 4) is 0 Å². The van der Waals surface area contributed by atoms with E-state index in [9.17, 15) is 0 Å². The molecule has 1 heterocycles. The van der Waals surface area contributed by atoms with Crippen LogP contribution in [0.1, 0.15) is 39.5 Å². The third-order valence-electron chi connectivity index (χ3n) is 4.25. The van der Waals surface area contributed by atoms with Gasteiger partial charge in [0, 0.05) is 25.7 Å². The Hall–Kier alpha value is -0.340. The SMILES string of the molecule is CC(C)N1CCCN(C[C@H]2CC=CCC2)CC1. The van der Waals surface area contributed by atoms with Gasteiger partial charge in [-0.1, -0.05) is 12.2 Å². The van der Waals surface area contributed by atoms with Crippen LogP contribution in [0.2, 0.25) is 0 Å². The van der Waals surface area contributed by atoms with E-state index in [4.69, 9.17) is 0 Å². The second kappa shape index (κ2) is 6.55. The van der Waals surface area contributed by atoms with Crippen molar-refractivity contribution in [2.24, 2.45) is 5.92 Å². The molecule has 0 unspecified atom stereocenters. The molecule has 2 nitrogen and oxygen atoms in total. The van der Waals surface area contributed by atoms with Crippen molar-refractivity contribution in [2.75, 3.05) is 32.7 Å².